The minimum atomic E-state index is -0.495. The highest BCUT2D eigenvalue weighted by Gasteiger charge is 2.02. The molecule has 0 bridgehead atoms. The Labute approximate surface area is 91.1 Å². The van der Waals surface area contributed by atoms with Gasteiger partial charge in [-0.15, -0.1) is 0 Å². The lowest BCUT2D eigenvalue weighted by Crippen LogP contribution is -2.27. The van der Waals surface area contributed by atoms with Crippen molar-refractivity contribution >= 4 is 34.9 Å². The molecule has 6 heteroatoms. The molecule has 1 rings (SSSR count). The van der Waals surface area contributed by atoms with E-state index in [0.29, 0.717) is 15.7 Å². The highest BCUT2D eigenvalue weighted by Crippen LogP contribution is 2.22. The van der Waals surface area contributed by atoms with E-state index in [0.717, 1.165) is 0 Å². The van der Waals surface area contributed by atoms with Gasteiger partial charge in [0.1, 0.15) is 0 Å². The molecule has 0 aromatic heterocycles. The third-order valence-corrected chi connectivity index (χ3v) is 1.75. The molecule has 2 N–H and O–H groups in total. The summed E-state index contributed by atoms with van der Waals surface area (Å²) in [6.45, 7) is 0. The SMILES string of the molecule is CONC(=O)Nc1cc(Cl)cc(Cl)c1. The molecule has 2 amide bonds. The second-order valence-electron chi connectivity index (χ2n) is 2.42. The van der Waals surface area contributed by atoms with Crippen LogP contribution in [0.4, 0.5) is 10.5 Å². The number of rotatable bonds is 2. The fourth-order valence-electron chi connectivity index (χ4n) is 0.875. The molecule has 0 saturated carbocycles. The van der Waals surface area contributed by atoms with Crippen LogP contribution in [0.3, 0.4) is 0 Å². The van der Waals surface area contributed by atoms with Gasteiger partial charge in [-0.1, -0.05) is 23.2 Å². The Bertz CT molecular complexity index is 324. The number of carbonyl (C=O) groups is 1. The van der Waals surface area contributed by atoms with Crippen LogP contribution in [0.15, 0.2) is 18.2 Å². The van der Waals surface area contributed by atoms with Gasteiger partial charge in [-0.25, -0.2) is 10.3 Å². The minimum absolute atomic E-state index is 0.449. The molecule has 0 aliphatic heterocycles. The maximum Gasteiger partial charge on any atom is 0.343 e. The van der Waals surface area contributed by atoms with Gasteiger partial charge in [-0.3, -0.25) is 4.84 Å². The molecule has 0 aliphatic rings. The normalized spacial score (nSPS) is 9.64. The Balaban J connectivity index is 2.71. The lowest BCUT2D eigenvalue weighted by Gasteiger charge is -2.06. The second-order valence-corrected chi connectivity index (χ2v) is 3.29. The van der Waals surface area contributed by atoms with Gasteiger partial charge in [0, 0.05) is 15.7 Å². The van der Waals surface area contributed by atoms with Crippen LogP contribution in [0.2, 0.25) is 10.0 Å². The zero-order valence-corrected chi connectivity index (χ0v) is 8.82. The summed E-state index contributed by atoms with van der Waals surface area (Å²) in [6, 6.07) is 4.22. The summed E-state index contributed by atoms with van der Waals surface area (Å²) < 4.78 is 0. The quantitative estimate of drug-likeness (QED) is 0.774. The van der Waals surface area contributed by atoms with Gasteiger partial charge >= 0.3 is 6.03 Å². The molecule has 0 heterocycles. The zero-order valence-electron chi connectivity index (χ0n) is 7.30. The molecule has 1 aromatic carbocycles. The van der Waals surface area contributed by atoms with Crippen molar-refractivity contribution in [1.82, 2.24) is 5.48 Å². The standard InChI is InChI=1S/C8H8Cl2N2O2/c1-14-12-8(13)11-7-3-5(9)2-6(10)4-7/h2-4H,1H3,(H2,11,12,13). The Morgan fingerprint density at radius 1 is 1.29 bits per heavy atom. The Hall–Kier alpha value is -0.970. The van der Waals surface area contributed by atoms with E-state index < -0.39 is 6.03 Å². The van der Waals surface area contributed by atoms with E-state index in [9.17, 15) is 4.79 Å². The summed E-state index contributed by atoms with van der Waals surface area (Å²) in [5.41, 5.74) is 2.59. The smallest absolute Gasteiger partial charge is 0.306 e. The first-order chi connectivity index (χ1) is 6.61. The summed E-state index contributed by atoms with van der Waals surface area (Å²) in [7, 11) is 1.34. The van der Waals surface area contributed by atoms with Crippen molar-refractivity contribution in [3.05, 3.63) is 28.2 Å². The van der Waals surface area contributed by atoms with Crippen molar-refractivity contribution in [2.24, 2.45) is 0 Å². The predicted molar refractivity (Wildman–Crippen MR) is 55.6 cm³/mol. The summed E-state index contributed by atoms with van der Waals surface area (Å²) in [4.78, 5) is 15.4. The maximum atomic E-state index is 11.0. The number of amides is 2. The molecule has 14 heavy (non-hydrogen) atoms. The van der Waals surface area contributed by atoms with Crippen LogP contribution in [-0.2, 0) is 4.84 Å². The number of nitrogens with one attached hydrogen (secondary N) is 2. The zero-order chi connectivity index (χ0) is 10.6. The summed E-state index contributed by atoms with van der Waals surface area (Å²) in [5.74, 6) is 0. The number of hydrogen-bond acceptors (Lipinski definition) is 2. The van der Waals surface area contributed by atoms with Crippen LogP contribution in [0, 0.1) is 0 Å². The van der Waals surface area contributed by atoms with E-state index in [-0.39, 0.29) is 0 Å². The monoisotopic (exact) mass is 234 g/mol. The molecular formula is C8H8Cl2N2O2. The third-order valence-electron chi connectivity index (χ3n) is 1.32. The van der Waals surface area contributed by atoms with Gasteiger partial charge < -0.3 is 5.32 Å². The van der Waals surface area contributed by atoms with Crippen molar-refractivity contribution in [1.29, 1.82) is 0 Å². The first-order valence-corrected chi connectivity index (χ1v) is 4.43. The van der Waals surface area contributed by atoms with Crippen LogP contribution in [0.1, 0.15) is 0 Å². The molecule has 0 radical (unpaired) electrons. The van der Waals surface area contributed by atoms with Gasteiger partial charge in [0.2, 0.25) is 0 Å². The Morgan fingerprint density at radius 2 is 1.86 bits per heavy atom. The molecule has 0 aliphatic carbocycles. The molecule has 0 unspecified atom stereocenters. The maximum absolute atomic E-state index is 11.0. The number of hydrogen-bond donors (Lipinski definition) is 2. The third kappa shape index (κ3) is 3.41. The lowest BCUT2D eigenvalue weighted by molar-refractivity contribution is 0.114. The number of urea groups is 1. The van der Waals surface area contributed by atoms with Crippen molar-refractivity contribution < 1.29 is 9.63 Å². The average Bonchev–Trinajstić information content (AvgIpc) is 2.01. The number of hydroxylamine groups is 1. The molecule has 0 atom stereocenters. The number of carbonyl (C=O) groups excluding carboxylic acids is 1. The van der Waals surface area contributed by atoms with Gasteiger partial charge in [0.05, 0.1) is 7.11 Å². The van der Waals surface area contributed by atoms with Crippen LogP contribution in [0.25, 0.3) is 0 Å². The lowest BCUT2D eigenvalue weighted by atomic mass is 10.3. The molecule has 4 nitrogen and oxygen atoms in total. The topological polar surface area (TPSA) is 50.4 Å². The van der Waals surface area contributed by atoms with Crippen molar-refractivity contribution in [3.8, 4) is 0 Å². The van der Waals surface area contributed by atoms with Crippen LogP contribution < -0.4 is 10.8 Å². The first-order valence-electron chi connectivity index (χ1n) is 3.68. The molecule has 1 aromatic rings. The van der Waals surface area contributed by atoms with Gasteiger partial charge in [0.25, 0.3) is 0 Å². The molecule has 0 spiro atoms. The molecule has 0 saturated heterocycles. The number of benzene rings is 1. The molecule has 0 fully saturated rings. The summed E-state index contributed by atoms with van der Waals surface area (Å²) in [5, 5.41) is 3.38. The first kappa shape index (κ1) is 11.1. The average molecular weight is 235 g/mol. The highest BCUT2D eigenvalue weighted by atomic mass is 35.5. The van der Waals surface area contributed by atoms with Gasteiger partial charge in [0.15, 0.2) is 0 Å². The fourth-order valence-corrected chi connectivity index (χ4v) is 1.40. The van der Waals surface area contributed by atoms with Crippen LogP contribution >= 0.6 is 23.2 Å². The highest BCUT2D eigenvalue weighted by molar-refractivity contribution is 6.35. The van der Waals surface area contributed by atoms with E-state index >= 15 is 0 Å². The van der Waals surface area contributed by atoms with Crippen molar-refractivity contribution in [2.75, 3.05) is 12.4 Å². The van der Waals surface area contributed by atoms with E-state index in [1.807, 2.05) is 0 Å². The van der Waals surface area contributed by atoms with E-state index in [1.165, 1.54) is 7.11 Å². The van der Waals surface area contributed by atoms with Crippen molar-refractivity contribution in [2.45, 2.75) is 0 Å². The van der Waals surface area contributed by atoms with Crippen LogP contribution in [0.5, 0.6) is 0 Å². The van der Waals surface area contributed by atoms with E-state index in [1.54, 1.807) is 18.2 Å². The summed E-state index contributed by atoms with van der Waals surface area (Å²) >= 11 is 11.4. The molecule has 76 valence electrons. The number of anilines is 1. The number of halogens is 2. The Kier molecular flexibility index (Phi) is 4.00. The summed E-state index contributed by atoms with van der Waals surface area (Å²) in [6.07, 6.45) is 0. The van der Waals surface area contributed by atoms with Gasteiger partial charge in [-0.05, 0) is 18.2 Å². The predicted octanol–water partition coefficient (Wildman–Crippen LogP) is 2.68. The van der Waals surface area contributed by atoms with E-state index in [2.05, 4.69) is 15.6 Å². The second kappa shape index (κ2) is 5.05. The minimum Gasteiger partial charge on any atom is -0.306 e. The fraction of sp³-hybridized carbons (Fsp3) is 0.125. The van der Waals surface area contributed by atoms with E-state index in [4.69, 9.17) is 23.2 Å². The van der Waals surface area contributed by atoms with Crippen LogP contribution in [-0.4, -0.2) is 13.1 Å². The largest absolute Gasteiger partial charge is 0.343 e. The van der Waals surface area contributed by atoms with Crippen molar-refractivity contribution in [3.63, 3.8) is 0 Å². The Morgan fingerprint density at radius 3 is 2.36 bits per heavy atom. The molecular weight excluding hydrogens is 227 g/mol. The van der Waals surface area contributed by atoms with Gasteiger partial charge in [-0.2, -0.15) is 0 Å².